The van der Waals surface area contributed by atoms with Gasteiger partial charge in [-0.25, -0.2) is 22.2 Å². The SMILES string of the molecule is COc1ccc(-c2nn3c(=O)cc(CN4CCN(S(=O)(=O)c5cc(F)ccc5F)CC4)nc3s2)cc1. The third-order valence-electron chi connectivity index (χ3n) is 5.86. The average Bonchev–Trinajstić information content (AvgIpc) is 3.31. The Morgan fingerprint density at radius 1 is 1.03 bits per heavy atom. The molecule has 0 aliphatic carbocycles. The number of rotatable bonds is 6. The summed E-state index contributed by atoms with van der Waals surface area (Å²) in [6.45, 7) is 1.22. The lowest BCUT2D eigenvalue weighted by atomic mass is 10.2. The molecule has 3 heterocycles. The van der Waals surface area contributed by atoms with Gasteiger partial charge in [0.05, 0.1) is 12.8 Å². The van der Waals surface area contributed by atoms with E-state index in [1.54, 1.807) is 7.11 Å². The minimum Gasteiger partial charge on any atom is -0.497 e. The van der Waals surface area contributed by atoms with Gasteiger partial charge in [0.1, 0.15) is 27.3 Å². The maximum Gasteiger partial charge on any atom is 0.275 e. The van der Waals surface area contributed by atoms with Gasteiger partial charge in [-0.15, -0.1) is 0 Å². The number of fused-ring (bicyclic) bond motifs is 1. The molecule has 36 heavy (non-hydrogen) atoms. The second-order valence-corrected chi connectivity index (χ2v) is 11.0. The van der Waals surface area contributed by atoms with E-state index in [1.807, 2.05) is 29.2 Å². The van der Waals surface area contributed by atoms with E-state index < -0.39 is 26.6 Å². The van der Waals surface area contributed by atoms with Crippen molar-refractivity contribution < 1.29 is 21.9 Å². The number of halogens is 2. The summed E-state index contributed by atoms with van der Waals surface area (Å²) in [5.41, 5.74) is 1.06. The molecule has 5 rings (SSSR count). The molecule has 0 unspecified atom stereocenters. The van der Waals surface area contributed by atoms with Crippen LogP contribution in [0, 0.1) is 11.6 Å². The summed E-state index contributed by atoms with van der Waals surface area (Å²) < 4.78 is 60.8. The third-order valence-corrected chi connectivity index (χ3v) is 8.73. The highest BCUT2D eigenvalue weighted by atomic mass is 32.2. The van der Waals surface area contributed by atoms with Crippen LogP contribution < -0.4 is 10.3 Å². The first kappa shape index (κ1) is 24.4. The van der Waals surface area contributed by atoms with Gasteiger partial charge >= 0.3 is 0 Å². The molecule has 2 aromatic carbocycles. The first-order chi connectivity index (χ1) is 17.2. The summed E-state index contributed by atoms with van der Waals surface area (Å²) in [4.78, 5) is 19.0. The molecule has 0 N–H and O–H groups in total. The molecule has 0 atom stereocenters. The highest BCUT2D eigenvalue weighted by Gasteiger charge is 2.31. The van der Waals surface area contributed by atoms with E-state index in [-0.39, 0.29) is 18.6 Å². The predicted octanol–water partition coefficient (Wildman–Crippen LogP) is 2.61. The summed E-state index contributed by atoms with van der Waals surface area (Å²) >= 11 is 1.29. The molecule has 0 amide bonds. The summed E-state index contributed by atoms with van der Waals surface area (Å²) in [5.74, 6) is -1.10. The zero-order valence-corrected chi connectivity index (χ0v) is 20.7. The number of sulfonamides is 1. The molecule has 1 fully saturated rings. The van der Waals surface area contributed by atoms with Gasteiger partial charge in [0, 0.05) is 44.4 Å². The molecular formula is C23H21F2N5O4S2. The van der Waals surface area contributed by atoms with Crippen molar-refractivity contribution in [2.45, 2.75) is 11.4 Å². The van der Waals surface area contributed by atoms with Gasteiger partial charge in [-0.2, -0.15) is 13.9 Å². The van der Waals surface area contributed by atoms with Crippen LogP contribution in [0.1, 0.15) is 5.69 Å². The molecule has 0 bridgehead atoms. The lowest BCUT2D eigenvalue weighted by molar-refractivity contribution is 0.179. The second-order valence-electron chi connectivity index (χ2n) is 8.17. The Balaban J connectivity index is 1.30. The molecule has 0 spiro atoms. The molecule has 13 heteroatoms. The van der Waals surface area contributed by atoms with Crippen molar-refractivity contribution in [2.24, 2.45) is 0 Å². The largest absolute Gasteiger partial charge is 0.497 e. The van der Waals surface area contributed by atoms with Crippen molar-refractivity contribution in [3.05, 3.63) is 76.2 Å². The zero-order chi connectivity index (χ0) is 25.4. The molecule has 2 aromatic heterocycles. The topological polar surface area (TPSA) is 97.1 Å². The van der Waals surface area contributed by atoms with Crippen LogP contribution in [0.2, 0.25) is 0 Å². The van der Waals surface area contributed by atoms with E-state index in [2.05, 4.69) is 10.1 Å². The van der Waals surface area contributed by atoms with Crippen LogP contribution in [0.3, 0.4) is 0 Å². The normalized spacial score (nSPS) is 15.4. The minimum atomic E-state index is -4.17. The van der Waals surface area contributed by atoms with Crippen LogP contribution in [0.5, 0.6) is 5.75 Å². The second kappa shape index (κ2) is 9.65. The smallest absolute Gasteiger partial charge is 0.275 e. The van der Waals surface area contributed by atoms with Crippen molar-refractivity contribution in [1.82, 2.24) is 23.8 Å². The molecule has 4 aromatic rings. The van der Waals surface area contributed by atoms with Crippen molar-refractivity contribution in [1.29, 1.82) is 0 Å². The van der Waals surface area contributed by atoms with E-state index in [9.17, 15) is 22.0 Å². The van der Waals surface area contributed by atoms with Gasteiger partial charge in [-0.1, -0.05) is 11.3 Å². The van der Waals surface area contributed by atoms with Gasteiger partial charge < -0.3 is 4.74 Å². The Morgan fingerprint density at radius 3 is 2.44 bits per heavy atom. The van der Waals surface area contributed by atoms with Crippen molar-refractivity contribution in [2.75, 3.05) is 33.3 Å². The lowest BCUT2D eigenvalue weighted by Gasteiger charge is -2.33. The summed E-state index contributed by atoms with van der Waals surface area (Å²) in [6, 6.07) is 11.1. The zero-order valence-electron chi connectivity index (χ0n) is 19.1. The summed E-state index contributed by atoms with van der Waals surface area (Å²) in [7, 11) is -2.58. The van der Waals surface area contributed by atoms with Crippen LogP contribution >= 0.6 is 11.3 Å². The lowest BCUT2D eigenvalue weighted by Crippen LogP contribution is -2.48. The molecule has 0 saturated carbocycles. The van der Waals surface area contributed by atoms with E-state index in [4.69, 9.17) is 4.74 Å². The highest BCUT2D eigenvalue weighted by molar-refractivity contribution is 7.89. The number of aromatic nitrogens is 3. The number of hydrogen-bond donors (Lipinski definition) is 0. The van der Waals surface area contributed by atoms with Crippen LogP contribution in [-0.2, 0) is 16.6 Å². The number of piperazine rings is 1. The Morgan fingerprint density at radius 2 is 1.75 bits per heavy atom. The number of nitrogens with zero attached hydrogens (tertiary/aromatic N) is 5. The van der Waals surface area contributed by atoms with Crippen LogP contribution in [0.15, 0.2) is 58.2 Å². The quantitative estimate of drug-likeness (QED) is 0.376. The molecule has 1 aliphatic heterocycles. The van der Waals surface area contributed by atoms with Crippen LogP contribution in [0.4, 0.5) is 8.78 Å². The minimum absolute atomic E-state index is 0.0989. The van der Waals surface area contributed by atoms with E-state index in [0.29, 0.717) is 47.1 Å². The van der Waals surface area contributed by atoms with Gasteiger partial charge in [0.25, 0.3) is 5.56 Å². The standard InChI is InChI=1S/C23H21F2N5O4S2/c1-34-18-5-2-15(3-6-18)22-27-30-21(31)13-17(26-23(30)35-22)14-28-8-10-29(11-9-28)36(32,33)20-12-16(24)4-7-19(20)25/h2-7,12-13H,8-11,14H2,1H3. The fraction of sp³-hybridized carbons (Fsp3) is 0.261. The maximum atomic E-state index is 14.1. The first-order valence-corrected chi connectivity index (χ1v) is 13.2. The van der Waals surface area contributed by atoms with Crippen molar-refractivity contribution in [3.63, 3.8) is 0 Å². The Labute approximate surface area is 209 Å². The fourth-order valence-electron chi connectivity index (χ4n) is 3.96. The Hall–Kier alpha value is -3.26. The van der Waals surface area contributed by atoms with Gasteiger partial charge in [0.15, 0.2) is 0 Å². The molecule has 1 aliphatic rings. The first-order valence-electron chi connectivity index (χ1n) is 11.0. The van der Waals surface area contributed by atoms with E-state index in [0.717, 1.165) is 22.0 Å². The fourth-order valence-corrected chi connectivity index (χ4v) is 6.39. The predicted molar refractivity (Wildman–Crippen MR) is 130 cm³/mol. The number of hydrogen-bond acceptors (Lipinski definition) is 8. The Bertz CT molecular complexity index is 1580. The number of ether oxygens (including phenoxy) is 1. The van der Waals surface area contributed by atoms with E-state index in [1.165, 1.54) is 21.9 Å². The van der Waals surface area contributed by atoms with E-state index >= 15 is 0 Å². The maximum absolute atomic E-state index is 14.1. The van der Waals surface area contributed by atoms with Crippen molar-refractivity contribution >= 4 is 26.3 Å². The monoisotopic (exact) mass is 533 g/mol. The third kappa shape index (κ3) is 4.74. The molecule has 188 valence electrons. The molecule has 9 nitrogen and oxygen atoms in total. The summed E-state index contributed by atoms with van der Waals surface area (Å²) in [5, 5.41) is 5.02. The number of benzene rings is 2. The molecule has 1 saturated heterocycles. The van der Waals surface area contributed by atoms with Gasteiger partial charge in [0.2, 0.25) is 15.0 Å². The van der Waals surface area contributed by atoms with Gasteiger partial charge in [-0.05, 0) is 42.5 Å². The number of methoxy groups -OCH3 is 1. The van der Waals surface area contributed by atoms with Crippen molar-refractivity contribution in [3.8, 4) is 16.3 Å². The molecular weight excluding hydrogens is 512 g/mol. The Kier molecular flexibility index (Phi) is 6.55. The van der Waals surface area contributed by atoms with Gasteiger partial charge in [-0.3, -0.25) is 9.69 Å². The molecule has 0 radical (unpaired) electrons. The van der Waals surface area contributed by atoms with Crippen LogP contribution in [-0.4, -0.2) is 65.5 Å². The average molecular weight is 534 g/mol. The summed E-state index contributed by atoms with van der Waals surface area (Å²) in [6.07, 6.45) is 0. The highest BCUT2D eigenvalue weighted by Crippen LogP contribution is 2.26. The van der Waals surface area contributed by atoms with Crippen LogP contribution in [0.25, 0.3) is 15.5 Å².